The maximum atomic E-state index is 12.3. The molecule has 0 saturated heterocycles. The van der Waals surface area contributed by atoms with Gasteiger partial charge in [-0.05, 0) is 44.3 Å². The Morgan fingerprint density at radius 3 is 2.80 bits per heavy atom. The van der Waals surface area contributed by atoms with Crippen LogP contribution in [0, 0.1) is 5.92 Å². The fraction of sp³-hybridized carbons (Fsp3) is 0.769. The number of aryl methyl sites for hydroxylation is 1. The first kappa shape index (κ1) is 15.7. The number of hydrogen-bond acceptors (Lipinski definition) is 7. The molecule has 112 valence electrons. The average molecular weight is 315 g/mol. The number of carbonyl (C=O) groups is 1. The Kier molecular flexibility index (Phi) is 5.40. The Hall–Kier alpha value is -0.660. The first-order chi connectivity index (χ1) is 9.66. The van der Waals surface area contributed by atoms with Crippen LogP contribution < -0.4 is 5.32 Å². The topological polar surface area (TPSA) is 64.1 Å². The van der Waals surface area contributed by atoms with E-state index in [9.17, 15) is 4.79 Å². The van der Waals surface area contributed by atoms with Crippen molar-refractivity contribution in [2.45, 2.75) is 43.0 Å². The molecule has 0 amide bonds. The minimum atomic E-state index is -0.585. The van der Waals surface area contributed by atoms with Crippen molar-refractivity contribution in [3.05, 3.63) is 5.82 Å². The number of ether oxygens (including phenoxy) is 1. The number of aromatic nitrogens is 2. The van der Waals surface area contributed by atoms with Crippen molar-refractivity contribution in [3.63, 3.8) is 0 Å². The molecule has 1 atom stereocenters. The number of hydrogen-bond donors (Lipinski definition) is 1. The van der Waals surface area contributed by atoms with Crippen molar-refractivity contribution >= 4 is 29.3 Å². The molecule has 1 heterocycles. The van der Waals surface area contributed by atoms with Crippen LogP contribution in [0.3, 0.4) is 0 Å². The number of esters is 1. The predicted octanol–water partition coefficient (Wildman–Crippen LogP) is 2.12. The summed E-state index contributed by atoms with van der Waals surface area (Å²) in [6, 6.07) is 0. The second-order valence-corrected chi connectivity index (χ2v) is 6.81. The van der Waals surface area contributed by atoms with Crippen LogP contribution in [0.15, 0.2) is 4.34 Å². The van der Waals surface area contributed by atoms with Gasteiger partial charge in [-0.1, -0.05) is 18.7 Å². The minimum absolute atomic E-state index is 0.141. The number of likely N-dealkylation sites (N-methyl/N-ethyl adjacent to an activating group) is 1. The van der Waals surface area contributed by atoms with Gasteiger partial charge >= 0.3 is 5.97 Å². The highest BCUT2D eigenvalue weighted by Crippen LogP contribution is 2.43. The lowest BCUT2D eigenvalue weighted by Crippen LogP contribution is -2.55. The van der Waals surface area contributed by atoms with Gasteiger partial charge in [-0.2, -0.15) is 4.37 Å². The van der Waals surface area contributed by atoms with E-state index in [1.54, 1.807) is 11.8 Å². The van der Waals surface area contributed by atoms with Crippen LogP contribution >= 0.6 is 23.3 Å². The van der Waals surface area contributed by atoms with Crippen LogP contribution in [0.2, 0.25) is 0 Å². The molecule has 1 unspecified atom stereocenters. The van der Waals surface area contributed by atoms with Crippen molar-refractivity contribution in [2.75, 3.05) is 19.4 Å². The van der Waals surface area contributed by atoms with Crippen LogP contribution in [-0.2, 0) is 16.0 Å². The zero-order chi connectivity index (χ0) is 14.6. The molecule has 0 radical (unpaired) electrons. The summed E-state index contributed by atoms with van der Waals surface area (Å²) < 4.78 is 10.5. The molecule has 1 N–H and O–H groups in total. The fourth-order valence-electron chi connectivity index (χ4n) is 2.17. The molecule has 7 heteroatoms. The van der Waals surface area contributed by atoms with Gasteiger partial charge in [0.25, 0.3) is 0 Å². The lowest BCUT2D eigenvalue weighted by atomic mass is 9.96. The quantitative estimate of drug-likeness (QED) is 0.585. The third kappa shape index (κ3) is 3.32. The summed E-state index contributed by atoms with van der Waals surface area (Å²) in [5, 5.41) is 3.21. The fourth-order valence-corrected chi connectivity index (χ4v) is 4.19. The summed E-state index contributed by atoms with van der Waals surface area (Å²) in [4.78, 5) is 16.8. The molecule has 20 heavy (non-hydrogen) atoms. The molecule has 0 aromatic carbocycles. The van der Waals surface area contributed by atoms with E-state index in [1.165, 1.54) is 11.5 Å². The lowest BCUT2D eigenvalue weighted by Gasteiger charge is -2.30. The predicted molar refractivity (Wildman–Crippen MR) is 81.2 cm³/mol. The summed E-state index contributed by atoms with van der Waals surface area (Å²) in [5.74, 6) is 1.75. The molecule has 1 aliphatic carbocycles. The summed E-state index contributed by atoms with van der Waals surface area (Å²) in [6.45, 7) is 4.30. The molecule has 2 rings (SSSR count). The van der Waals surface area contributed by atoms with Gasteiger partial charge in [-0.25, -0.2) is 4.98 Å². The minimum Gasteiger partial charge on any atom is -0.465 e. The summed E-state index contributed by atoms with van der Waals surface area (Å²) in [7, 11) is 1.84. The van der Waals surface area contributed by atoms with Gasteiger partial charge in [-0.3, -0.25) is 4.79 Å². The Labute approximate surface area is 128 Å². The first-order valence-electron chi connectivity index (χ1n) is 6.97. The molecular formula is C13H21N3O2S2. The Balaban J connectivity index is 2.05. The Morgan fingerprint density at radius 2 is 2.30 bits per heavy atom. The van der Waals surface area contributed by atoms with E-state index in [0.717, 1.165) is 29.4 Å². The maximum absolute atomic E-state index is 12.3. The maximum Gasteiger partial charge on any atom is 0.327 e. The number of carbonyl (C=O) groups excluding carboxylic acids is 1. The van der Waals surface area contributed by atoms with E-state index in [-0.39, 0.29) is 5.97 Å². The third-order valence-electron chi connectivity index (χ3n) is 3.55. The summed E-state index contributed by atoms with van der Waals surface area (Å²) in [6.07, 6.45) is 3.00. The molecule has 1 fully saturated rings. The molecule has 1 aromatic heterocycles. The van der Waals surface area contributed by atoms with Gasteiger partial charge in [0, 0.05) is 12.2 Å². The number of thioether (sulfide) groups is 1. The van der Waals surface area contributed by atoms with Gasteiger partial charge in [0.15, 0.2) is 4.34 Å². The molecule has 0 spiro atoms. The van der Waals surface area contributed by atoms with E-state index < -0.39 is 5.54 Å². The second kappa shape index (κ2) is 6.87. The summed E-state index contributed by atoms with van der Waals surface area (Å²) >= 11 is 3.00. The zero-order valence-corrected chi connectivity index (χ0v) is 13.8. The van der Waals surface area contributed by atoms with Crippen molar-refractivity contribution < 1.29 is 9.53 Å². The van der Waals surface area contributed by atoms with Crippen LogP contribution in [0.4, 0.5) is 0 Å². The normalized spacial score (nSPS) is 17.8. The number of rotatable bonds is 8. The molecule has 1 aromatic rings. The molecule has 0 bridgehead atoms. The standard InChI is InChI=1S/C13H21N3O2S2/c1-4-10-15-12(20-16-10)19-8-13(14-3,9-6-7-9)11(17)18-5-2/h9,14H,4-8H2,1-3H3. The van der Waals surface area contributed by atoms with Gasteiger partial charge < -0.3 is 10.1 Å². The van der Waals surface area contributed by atoms with Gasteiger partial charge in [0.2, 0.25) is 0 Å². The van der Waals surface area contributed by atoms with Crippen LogP contribution in [0.5, 0.6) is 0 Å². The second-order valence-electron chi connectivity index (χ2n) is 4.83. The lowest BCUT2D eigenvalue weighted by molar-refractivity contribution is -0.150. The van der Waals surface area contributed by atoms with Crippen molar-refractivity contribution in [1.29, 1.82) is 0 Å². The molecule has 1 aliphatic rings. The van der Waals surface area contributed by atoms with Crippen LogP contribution in [0.1, 0.15) is 32.5 Å². The average Bonchev–Trinajstić information content (AvgIpc) is 3.20. The zero-order valence-electron chi connectivity index (χ0n) is 12.1. The van der Waals surface area contributed by atoms with E-state index in [2.05, 4.69) is 14.7 Å². The highest BCUT2D eigenvalue weighted by Gasteiger charge is 2.51. The highest BCUT2D eigenvalue weighted by molar-refractivity contribution is 8.01. The van der Waals surface area contributed by atoms with E-state index in [4.69, 9.17) is 4.74 Å². The van der Waals surface area contributed by atoms with E-state index >= 15 is 0 Å². The highest BCUT2D eigenvalue weighted by atomic mass is 32.2. The smallest absolute Gasteiger partial charge is 0.327 e. The largest absolute Gasteiger partial charge is 0.465 e. The SMILES string of the molecule is CCOC(=O)C(CSc1nc(CC)ns1)(NC)C1CC1. The van der Waals surface area contributed by atoms with Crippen molar-refractivity contribution in [3.8, 4) is 0 Å². The van der Waals surface area contributed by atoms with E-state index in [1.807, 2.05) is 20.9 Å². The molecule has 5 nitrogen and oxygen atoms in total. The molecule has 1 saturated carbocycles. The Bertz CT molecular complexity index is 462. The van der Waals surface area contributed by atoms with Gasteiger partial charge in [0.05, 0.1) is 6.61 Å². The van der Waals surface area contributed by atoms with Crippen LogP contribution in [-0.4, -0.2) is 40.3 Å². The van der Waals surface area contributed by atoms with Gasteiger partial charge in [-0.15, -0.1) is 0 Å². The van der Waals surface area contributed by atoms with Gasteiger partial charge in [0.1, 0.15) is 11.4 Å². The summed E-state index contributed by atoms with van der Waals surface area (Å²) in [5.41, 5.74) is -0.585. The number of nitrogens with zero attached hydrogens (tertiary/aromatic N) is 2. The molecule has 0 aliphatic heterocycles. The van der Waals surface area contributed by atoms with Crippen molar-refractivity contribution in [1.82, 2.24) is 14.7 Å². The molecular weight excluding hydrogens is 294 g/mol. The number of nitrogens with one attached hydrogen (secondary N) is 1. The van der Waals surface area contributed by atoms with Crippen LogP contribution in [0.25, 0.3) is 0 Å². The Morgan fingerprint density at radius 1 is 1.55 bits per heavy atom. The third-order valence-corrected chi connectivity index (χ3v) is 5.61. The monoisotopic (exact) mass is 315 g/mol. The van der Waals surface area contributed by atoms with E-state index in [0.29, 0.717) is 18.3 Å². The van der Waals surface area contributed by atoms with Crippen molar-refractivity contribution in [2.24, 2.45) is 5.92 Å². The first-order valence-corrected chi connectivity index (χ1v) is 8.73.